The third-order valence-corrected chi connectivity index (χ3v) is 5.56. The summed E-state index contributed by atoms with van der Waals surface area (Å²) in [4.78, 5) is 24.8. The Morgan fingerprint density at radius 1 is 1.21 bits per heavy atom. The lowest BCUT2D eigenvalue weighted by Crippen LogP contribution is -2.41. The second kappa shape index (κ2) is 8.43. The topological polar surface area (TPSA) is 75.9 Å². The summed E-state index contributed by atoms with van der Waals surface area (Å²) in [5, 5.41) is 7.29. The molecule has 3 aromatic rings. The molecular formula is C20H22N6OS. The summed E-state index contributed by atoms with van der Waals surface area (Å²) in [5.41, 5.74) is 0.844. The minimum absolute atomic E-state index is 0.0595. The van der Waals surface area contributed by atoms with E-state index >= 15 is 0 Å². The van der Waals surface area contributed by atoms with E-state index in [0.717, 1.165) is 41.6 Å². The molecule has 0 saturated carbocycles. The molecule has 1 saturated heterocycles. The van der Waals surface area contributed by atoms with Crippen LogP contribution in [0.4, 0.5) is 11.5 Å². The van der Waals surface area contributed by atoms with Crippen molar-refractivity contribution in [2.24, 2.45) is 5.92 Å². The predicted octanol–water partition coefficient (Wildman–Crippen LogP) is 3.24. The molecule has 1 fully saturated rings. The summed E-state index contributed by atoms with van der Waals surface area (Å²) in [6.45, 7) is 1.52. The maximum atomic E-state index is 12.8. The van der Waals surface area contributed by atoms with Crippen molar-refractivity contribution < 1.29 is 4.79 Å². The molecule has 1 unspecified atom stereocenters. The van der Waals surface area contributed by atoms with E-state index in [4.69, 9.17) is 0 Å². The van der Waals surface area contributed by atoms with E-state index in [-0.39, 0.29) is 11.8 Å². The Labute approximate surface area is 168 Å². The molecule has 1 atom stereocenters. The zero-order chi connectivity index (χ0) is 19.3. The molecular weight excluding hydrogens is 372 g/mol. The van der Waals surface area contributed by atoms with Gasteiger partial charge in [0, 0.05) is 42.1 Å². The minimum atomic E-state index is -0.0743. The van der Waals surface area contributed by atoms with Crippen LogP contribution in [0.25, 0.3) is 5.82 Å². The van der Waals surface area contributed by atoms with Crippen molar-refractivity contribution in [1.29, 1.82) is 0 Å². The first-order valence-electron chi connectivity index (χ1n) is 9.25. The number of nitrogens with zero attached hydrogens (tertiary/aromatic N) is 5. The Balaban J connectivity index is 1.45. The molecule has 0 aliphatic carbocycles. The maximum absolute atomic E-state index is 12.8. The maximum Gasteiger partial charge on any atom is 0.229 e. The highest BCUT2D eigenvalue weighted by atomic mass is 32.2. The molecule has 0 bridgehead atoms. The highest BCUT2D eigenvalue weighted by molar-refractivity contribution is 7.98. The number of anilines is 2. The van der Waals surface area contributed by atoms with Gasteiger partial charge in [-0.2, -0.15) is 5.10 Å². The van der Waals surface area contributed by atoms with Crippen LogP contribution in [-0.2, 0) is 4.79 Å². The molecule has 144 valence electrons. The normalized spacial score (nSPS) is 16.8. The molecule has 8 heteroatoms. The minimum Gasteiger partial charge on any atom is -0.356 e. The fraction of sp³-hybridized carbons (Fsp3) is 0.300. The van der Waals surface area contributed by atoms with Crippen molar-refractivity contribution in [2.75, 3.05) is 29.6 Å². The van der Waals surface area contributed by atoms with Gasteiger partial charge < -0.3 is 10.2 Å². The summed E-state index contributed by atoms with van der Waals surface area (Å²) < 4.78 is 1.71. The number of thioether (sulfide) groups is 1. The first-order valence-corrected chi connectivity index (χ1v) is 10.5. The third kappa shape index (κ3) is 4.17. The Morgan fingerprint density at radius 2 is 2.11 bits per heavy atom. The Hall–Kier alpha value is -2.87. The average Bonchev–Trinajstić information content (AvgIpc) is 3.29. The van der Waals surface area contributed by atoms with E-state index in [1.165, 1.54) is 0 Å². The Morgan fingerprint density at radius 3 is 2.93 bits per heavy atom. The van der Waals surface area contributed by atoms with E-state index in [2.05, 4.69) is 25.3 Å². The van der Waals surface area contributed by atoms with Crippen LogP contribution < -0.4 is 10.2 Å². The SMILES string of the molecule is CSc1cccc(NC(=O)C2CCCN(c3cc(-n4cccn4)ncn3)C2)c1. The number of nitrogens with one attached hydrogen (secondary N) is 1. The fourth-order valence-corrected chi connectivity index (χ4v) is 3.84. The van der Waals surface area contributed by atoms with Crippen LogP contribution in [0.15, 0.2) is 60.0 Å². The highest BCUT2D eigenvalue weighted by Gasteiger charge is 2.27. The second-order valence-electron chi connectivity index (χ2n) is 6.69. The summed E-state index contributed by atoms with van der Waals surface area (Å²) in [7, 11) is 0. The monoisotopic (exact) mass is 394 g/mol. The lowest BCUT2D eigenvalue weighted by Gasteiger charge is -2.32. The van der Waals surface area contributed by atoms with Crippen LogP contribution in [0.3, 0.4) is 0 Å². The number of amides is 1. The van der Waals surface area contributed by atoms with Crippen LogP contribution in [0, 0.1) is 5.92 Å². The van der Waals surface area contributed by atoms with E-state index in [1.807, 2.05) is 48.9 Å². The fourth-order valence-electron chi connectivity index (χ4n) is 3.38. The number of carbonyl (C=O) groups is 1. The van der Waals surface area contributed by atoms with E-state index in [9.17, 15) is 4.79 Å². The number of hydrogen-bond acceptors (Lipinski definition) is 6. The van der Waals surface area contributed by atoms with Gasteiger partial charge in [-0.3, -0.25) is 4.79 Å². The van der Waals surface area contributed by atoms with Crippen molar-refractivity contribution in [3.8, 4) is 5.82 Å². The molecule has 4 rings (SSSR count). The molecule has 2 aromatic heterocycles. The number of benzene rings is 1. The molecule has 28 heavy (non-hydrogen) atoms. The molecule has 3 heterocycles. The van der Waals surface area contributed by atoms with Crippen molar-refractivity contribution in [1.82, 2.24) is 19.7 Å². The predicted molar refractivity (Wildman–Crippen MR) is 111 cm³/mol. The highest BCUT2D eigenvalue weighted by Crippen LogP contribution is 2.25. The number of piperidine rings is 1. The van der Waals surface area contributed by atoms with Crippen molar-refractivity contribution in [3.05, 3.63) is 55.1 Å². The largest absolute Gasteiger partial charge is 0.356 e. The number of rotatable bonds is 5. The zero-order valence-corrected chi connectivity index (χ0v) is 16.5. The van der Waals surface area contributed by atoms with E-state index in [1.54, 1.807) is 29.0 Å². The zero-order valence-electron chi connectivity index (χ0n) is 15.7. The van der Waals surface area contributed by atoms with Gasteiger partial charge in [0.2, 0.25) is 5.91 Å². The van der Waals surface area contributed by atoms with Gasteiger partial charge in [0.15, 0.2) is 5.82 Å². The summed E-state index contributed by atoms with van der Waals surface area (Å²) in [5.74, 6) is 1.52. The average molecular weight is 395 g/mol. The second-order valence-corrected chi connectivity index (χ2v) is 7.57. The summed E-state index contributed by atoms with van der Waals surface area (Å²) in [6.07, 6.45) is 8.96. The molecule has 1 N–H and O–H groups in total. The quantitative estimate of drug-likeness (QED) is 0.670. The number of aromatic nitrogens is 4. The lowest BCUT2D eigenvalue weighted by atomic mass is 9.97. The van der Waals surface area contributed by atoms with Gasteiger partial charge in [0.05, 0.1) is 5.92 Å². The van der Waals surface area contributed by atoms with Crippen LogP contribution >= 0.6 is 11.8 Å². The summed E-state index contributed by atoms with van der Waals surface area (Å²) in [6, 6.07) is 11.7. The van der Waals surface area contributed by atoms with Crippen LogP contribution in [0.5, 0.6) is 0 Å². The Bertz CT molecular complexity index is 945. The molecule has 1 amide bonds. The van der Waals surface area contributed by atoms with Crippen molar-refractivity contribution in [3.63, 3.8) is 0 Å². The first kappa shape index (κ1) is 18.5. The standard InChI is InChI=1S/C20H22N6OS/c1-28-17-7-2-6-16(11-17)24-20(27)15-5-3-9-25(13-15)18-12-19(22-14-21-18)26-10-4-8-23-26/h2,4,6-8,10-12,14-15H,3,5,9,13H2,1H3,(H,24,27). The van der Waals surface area contributed by atoms with Gasteiger partial charge >= 0.3 is 0 Å². The number of carbonyl (C=O) groups excluding carboxylic acids is 1. The summed E-state index contributed by atoms with van der Waals surface area (Å²) >= 11 is 1.66. The first-order chi connectivity index (χ1) is 13.7. The van der Waals surface area contributed by atoms with E-state index in [0.29, 0.717) is 6.54 Å². The molecule has 0 radical (unpaired) electrons. The molecule has 0 spiro atoms. The van der Waals surface area contributed by atoms with Gasteiger partial charge in [0.1, 0.15) is 12.1 Å². The van der Waals surface area contributed by atoms with Crippen LogP contribution in [-0.4, -0.2) is 45.0 Å². The van der Waals surface area contributed by atoms with Gasteiger partial charge in [-0.15, -0.1) is 11.8 Å². The van der Waals surface area contributed by atoms with Crippen LogP contribution in [0.2, 0.25) is 0 Å². The van der Waals surface area contributed by atoms with Crippen molar-refractivity contribution >= 4 is 29.2 Å². The number of hydrogen-bond donors (Lipinski definition) is 1. The van der Waals surface area contributed by atoms with Gasteiger partial charge in [-0.1, -0.05) is 6.07 Å². The van der Waals surface area contributed by atoms with Crippen molar-refractivity contribution in [2.45, 2.75) is 17.7 Å². The third-order valence-electron chi connectivity index (χ3n) is 4.83. The smallest absolute Gasteiger partial charge is 0.229 e. The molecule has 1 aliphatic rings. The van der Waals surface area contributed by atoms with Gasteiger partial charge in [-0.05, 0) is 43.4 Å². The molecule has 1 aromatic carbocycles. The lowest BCUT2D eigenvalue weighted by molar-refractivity contribution is -0.120. The molecule has 1 aliphatic heterocycles. The molecule has 7 nitrogen and oxygen atoms in total. The Kier molecular flexibility index (Phi) is 5.57. The van der Waals surface area contributed by atoms with Gasteiger partial charge in [-0.25, -0.2) is 14.6 Å². The van der Waals surface area contributed by atoms with Gasteiger partial charge in [0.25, 0.3) is 0 Å². The van der Waals surface area contributed by atoms with E-state index < -0.39 is 0 Å². The van der Waals surface area contributed by atoms with Crippen LogP contribution in [0.1, 0.15) is 12.8 Å².